The summed E-state index contributed by atoms with van der Waals surface area (Å²) in [6.07, 6.45) is 0.866. The normalized spacial score (nSPS) is 10.4. The number of hydrogen-bond acceptors (Lipinski definition) is 6. The van der Waals surface area contributed by atoms with Gasteiger partial charge in [0.25, 0.3) is 5.91 Å². The number of nitrogens with two attached hydrogens (primary N) is 1. The fourth-order valence-electron chi connectivity index (χ4n) is 2.42. The number of hydrogen-bond donors (Lipinski definition) is 4. The van der Waals surface area contributed by atoms with E-state index < -0.39 is 11.9 Å². The molecule has 2 aromatic rings. The number of thioether (sulfide) groups is 1. The van der Waals surface area contributed by atoms with Crippen LogP contribution in [-0.4, -0.2) is 48.1 Å². The highest BCUT2D eigenvalue weighted by Crippen LogP contribution is 2.19. The number of aromatic carboxylic acids is 1. The topological polar surface area (TPSA) is 131 Å². The Balaban J connectivity index is 1.97. The van der Waals surface area contributed by atoms with Crippen LogP contribution in [0.5, 0.6) is 0 Å². The Hall–Kier alpha value is -3.04. The van der Waals surface area contributed by atoms with E-state index in [9.17, 15) is 14.4 Å². The molecule has 29 heavy (non-hydrogen) atoms. The van der Waals surface area contributed by atoms with Gasteiger partial charge in [-0.3, -0.25) is 9.59 Å². The van der Waals surface area contributed by atoms with Gasteiger partial charge in [0, 0.05) is 36.3 Å². The quantitative estimate of drug-likeness (QED) is 0.345. The maximum atomic E-state index is 12.5. The van der Waals surface area contributed by atoms with Crippen LogP contribution in [-0.2, 0) is 9.53 Å². The first kappa shape index (κ1) is 22.3. The molecule has 0 aliphatic rings. The van der Waals surface area contributed by atoms with Gasteiger partial charge in [-0.05, 0) is 54.6 Å². The zero-order valence-corrected chi connectivity index (χ0v) is 16.8. The third-order valence-electron chi connectivity index (χ3n) is 3.76. The van der Waals surface area contributed by atoms with Gasteiger partial charge in [-0.2, -0.15) is 11.8 Å². The van der Waals surface area contributed by atoms with E-state index in [-0.39, 0.29) is 22.8 Å². The number of carbonyl (C=O) groups excluding carboxylic acids is 2. The number of methoxy groups -OCH3 is 1. The van der Waals surface area contributed by atoms with Gasteiger partial charge in [0.2, 0.25) is 5.91 Å². The molecule has 0 saturated heterocycles. The van der Waals surface area contributed by atoms with E-state index in [0.29, 0.717) is 23.7 Å². The number of rotatable bonds is 10. The standard InChI is InChI=1S/C20H23N3O5S/c1-28-7-2-8-29-12-18(24)22-17-10-14(9-15(21)11-17)19(25)23-16-5-3-13(4-6-16)20(26)27/h3-6,9-11H,2,7-8,12,21H2,1H3,(H,22,24)(H,23,25)(H,26,27). The summed E-state index contributed by atoms with van der Waals surface area (Å²) >= 11 is 1.50. The van der Waals surface area contributed by atoms with Crippen molar-refractivity contribution in [3.8, 4) is 0 Å². The van der Waals surface area contributed by atoms with Crippen molar-refractivity contribution in [1.82, 2.24) is 0 Å². The summed E-state index contributed by atoms with van der Waals surface area (Å²) in [5.41, 5.74) is 7.46. The molecule has 0 bridgehead atoms. The number of carbonyl (C=O) groups is 3. The summed E-state index contributed by atoms with van der Waals surface area (Å²) in [5.74, 6) is -0.558. The molecule has 0 aromatic heterocycles. The lowest BCUT2D eigenvalue weighted by atomic mass is 10.1. The SMILES string of the molecule is COCCCSCC(=O)Nc1cc(N)cc(C(=O)Nc2ccc(C(=O)O)cc2)c1. The highest BCUT2D eigenvalue weighted by Gasteiger charge is 2.11. The van der Waals surface area contributed by atoms with Crippen molar-refractivity contribution in [1.29, 1.82) is 0 Å². The van der Waals surface area contributed by atoms with Crippen LogP contribution in [0.1, 0.15) is 27.1 Å². The smallest absolute Gasteiger partial charge is 0.335 e. The molecule has 0 saturated carbocycles. The number of ether oxygens (including phenoxy) is 1. The highest BCUT2D eigenvalue weighted by molar-refractivity contribution is 7.99. The number of carboxylic acids is 1. The predicted molar refractivity (Wildman–Crippen MR) is 115 cm³/mol. The van der Waals surface area contributed by atoms with Crippen LogP contribution in [0, 0.1) is 0 Å². The molecule has 0 fully saturated rings. The summed E-state index contributed by atoms with van der Waals surface area (Å²) in [5, 5.41) is 14.3. The van der Waals surface area contributed by atoms with Crippen LogP contribution in [0.3, 0.4) is 0 Å². The molecule has 0 atom stereocenters. The van der Waals surface area contributed by atoms with E-state index in [4.69, 9.17) is 15.6 Å². The maximum Gasteiger partial charge on any atom is 0.335 e. The molecule has 0 aliphatic carbocycles. The Labute approximate surface area is 172 Å². The first-order valence-electron chi connectivity index (χ1n) is 8.81. The molecule has 2 rings (SSSR count). The lowest BCUT2D eigenvalue weighted by Gasteiger charge is -2.10. The fraction of sp³-hybridized carbons (Fsp3) is 0.250. The van der Waals surface area contributed by atoms with E-state index in [1.807, 2.05) is 0 Å². The zero-order valence-electron chi connectivity index (χ0n) is 15.9. The second-order valence-corrected chi connectivity index (χ2v) is 7.23. The number of anilines is 3. The van der Waals surface area contributed by atoms with Gasteiger partial charge in [-0.15, -0.1) is 0 Å². The van der Waals surface area contributed by atoms with Gasteiger partial charge < -0.3 is 26.2 Å². The molecule has 154 valence electrons. The van der Waals surface area contributed by atoms with Gasteiger partial charge in [0.05, 0.1) is 11.3 Å². The van der Waals surface area contributed by atoms with E-state index in [1.165, 1.54) is 48.2 Å². The van der Waals surface area contributed by atoms with Gasteiger partial charge in [0.15, 0.2) is 0 Å². The molecule has 9 heteroatoms. The summed E-state index contributed by atoms with van der Waals surface area (Å²) in [4.78, 5) is 35.4. The number of carboxylic acid groups (broad SMARTS) is 1. The van der Waals surface area contributed by atoms with Crippen molar-refractivity contribution in [2.24, 2.45) is 0 Å². The van der Waals surface area contributed by atoms with Gasteiger partial charge in [-0.1, -0.05) is 0 Å². The minimum Gasteiger partial charge on any atom is -0.478 e. The number of amides is 2. The third kappa shape index (κ3) is 7.47. The summed E-state index contributed by atoms with van der Waals surface area (Å²) in [6.45, 7) is 0.654. The Morgan fingerprint density at radius 3 is 2.41 bits per heavy atom. The molecule has 0 aliphatic heterocycles. The molecule has 2 aromatic carbocycles. The number of nitrogen functional groups attached to an aromatic ring is 1. The molecule has 5 N–H and O–H groups in total. The Bertz CT molecular complexity index is 871. The van der Waals surface area contributed by atoms with Crippen LogP contribution in [0.15, 0.2) is 42.5 Å². The van der Waals surface area contributed by atoms with Crippen LogP contribution < -0.4 is 16.4 Å². The average Bonchev–Trinajstić information content (AvgIpc) is 2.67. The van der Waals surface area contributed by atoms with Gasteiger partial charge in [-0.25, -0.2) is 4.79 Å². The number of nitrogens with one attached hydrogen (secondary N) is 2. The fourth-order valence-corrected chi connectivity index (χ4v) is 3.15. The predicted octanol–water partition coefficient (Wildman–Crippen LogP) is 2.93. The van der Waals surface area contributed by atoms with Crippen molar-refractivity contribution >= 4 is 46.6 Å². The first-order chi connectivity index (χ1) is 13.9. The lowest BCUT2D eigenvalue weighted by Crippen LogP contribution is -2.17. The Morgan fingerprint density at radius 1 is 1.03 bits per heavy atom. The van der Waals surface area contributed by atoms with Crippen molar-refractivity contribution in [3.63, 3.8) is 0 Å². The van der Waals surface area contributed by atoms with Crippen LogP contribution in [0.25, 0.3) is 0 Å². The second-order valence-electron chi connectivity index (χ2n) is 6.13. The Morgan fingerprint density at radius 2 is 1.76 bits per heavy atom. The summed E-state index contributed by atoms with van der Waals surface area (Å²) < 4.78 is 4.96. The molecular formula is C20H23N3O5S. The Kier molecular flexibility index (Phi) is 8.50. The van der Waals surface area contributed by atoms with E-state index in [1.54, 1.807) is 13.2 Å². The first-order valence-corrected chi connectivity index (χ1v) is 9.96. The van der Waals surface area contributed by atoms with Crippen molar-refractivity contribution < 1.29 is 24.2 Å². The highest BCUT2D eigenvalue weighted by atomic mass is 32.2. The molecule has 8 nitrogen and oxygen atoms in total. The van der Waals surface area contributed by atoms with Crippen molar-refractivity contribution in [3.05, 3.63) is 53.6 Å². The monoisotopic (exact) mass is 417 g/mol. The molecule has 0 radical (unpaired) electrons. The minimum atomic E-state index is -1.05. The van der Waals surface area contributed by atoms with E-state index >= 15 is 0 Å². The molecule has 0 unspecified atom stereocenters. The van der Waals surface area contributed by atoms with Gasteiger partial charge in [0.1, 0.15) is 0 Å². The van der Waals surface area contributed by atoms with Crippen LogP contribution in [0.2, 0.25) is 0 Å². The maximum absolute atomic E-state index is 12.5. The zero-order chi connectivity index (χ0) is 21.2. The lowest BCUT2D eigenvalue weighted by molar-refractivity contribution is -0.113. The van der Waals surface area contributed by atoms with Crippen molar-refractivity contribution in [2.75, 3.05) is 41.6 Å². The average molecular weight is 417 g/mol. The van der Waals surface area contributed by atoms with Gasteiger partial charge >= 0.3 is 5.97 Å². The van der Waals surface area contributed by atoms with Crippen LogP contribution in [0.4, 0.5) is 17.1 Å². The minimum absolute atomic E-state index is 0.122. The molecular weight excluding hydrogens is 394 g/mol. The number of benzene rings is 2. The van der Waals surface area contributed by atoms with E-state index in [0.717, 1.165) is 12.2 Å². The summed E-state index contributed by atoms with van der Waals surface area (Å²) in [7, 11) is 1.63. The summed E-state index contributed by atoms with van der Waals surface area (Å²) in [6, 6.07) is 10.4. The van der Waals surface area contributed by atoms with Crippen LogP contribution >= 0.6 is 11.8 Å². The molecule has 0 spiro atoms. The third-order valence-corrected chi connectivity index (χ3v) is 4.80. The largest absolute Gasteiger partial charge is 0.478 e. The molecule has 2 amide bonds. The molecule has 0 heterocycles. The van der Waals surface area contributed by atoms with E-state index in [2.05, 4.69) is 10.6 Å². The van der Waals surface area contributed by atoms with Crippen molar-refractivity contribution in [2.45, 2.75) is 6.42 Å². The second kappa shape index (κ2) is 11.1.